The molecule has 0 radical (unpaired) electrons. The Morgan fingerprint density at radius 3 is 2.64 bits per heavy atom. The summed E-state index contributed by atoms with van der Waals surface area (Å²) in [4.78, 5) is 3.98. The van der Waals surface area contributed by atoms with Crippen molar-refractivity contribution in [3.8, 4) is 0 Å². The van der Waals surface area contributed by atoms with Gasteiger partial charge in [-0.1, -0.05) is 37.8 Å². The van der Waals surface area contributed by atoms with Gasteiger partial charge in [0.1, 0.15) is 0 Å². The molecule has 2 N–H and O–H groups in total. The fourth-order valence-electron chi connectivity index (χ4n) is 1.24. The van der Waals surface area contributed by atoms with Crippen LogP contribution in [0.25, 0.3) is 0 Å². The van der Waals surface area contributed by atoms with Crippen molar-refractivity contribution in [1.82, 2.24) is 0 Å². The lowest BCUT2D eigenvalue weighted by Crippen LogP contribution is -2.21. The summed E-state index contributed by atoms with van der Waals surface area (Å²) in [5, 5.41) is 0. The monoisotopic (exact) mass is 192 g/mol. The molecule has 14 heavy (non-hydrogen) atoms. The number of allylic oxidation sites excluding steroid dienone is 5. The predicted octanol–water partition coefficient (Wildman–Crippen LogP) is 2.69. The van der Waals surface area contributed by atoms with Crippen LogP contribution in [0.5, 0.6) is 0 Å². The van der Waals surface area contributed by atoms with Crippen molar-refractivity contribution < 1.29 is 0 Å². The van der Waals surface area contributed by atoms with Crippen LogP contribution in [-0.4, -0.2) is 12.9 Å². The van der Waals surface area contributed by atoms with Crippen LogP contribution in [0.1, 0.15) is 20.3 Å². The quantitative estimate of drug-likeness (QED) is 0.406. The normalized spacial score (nSPS) is 15.9. The highest BCUT2D eigenvalue weighted by molar-refractivity contribution is 5.82. The van der Waals surface area contributed by atoms with E-state index in [4.69, 9.17) is 5.73 Å². The van der Waals surface area contributed by atoms with Crippen molar-refractivity contribution in [1.29, 1.82) is 0 Å². The molecule has 0 aliphatic rings. The number of aliphatic imine (C=N–C) groups is 1. The zero-order valence-corrected chi connectivity index (χ0v) is 9.33. The van der Waals surface area contributed by atoms with Crippen LogP contribution in [0.2, 0.25) is 0 Å². The summed E-state index contributed by atoms with van der Waals surface area (Å²) in [6.07, 6.45) is 8.78. The van der Waals surface area contributed by atoms with Crippen molar-refractivity contribution in [2.45, 2.75) is 20.3 Å². The predicted molar refractivity (Wildman–Crippen MR) is 64.4 cm³/mol. The Bertz CT molecular complexity index is 259. The molecule has 0 saturated carbocycles. The van der Waals surface area contributed by atoms with Crippen LogP contribution >= 0.6 is 0 Å². The zero-order chi connectivity index (χ0) is 11.0. The van der Waals surface area contributed by atoms with Gasteiger partial charge in [-0.25, -0.2) is 0 Å². The molecular formula is C12H20N2. The second-order valence-electron chi connectivity index (χ2n) is 3.23. The topological polar surface area (TPSA) is 38.4 Å². The van der Waals surface area contributed by atoms with Crippen LogP contribution in [0, 0.1) is 5.92 Å². The summed E-state index contributed by atoms with van der Waals surface area (Å²) < 4.78 is 0. The van der Waals surface area contributed by atoms with Crippen LogP contribution in [0.15, 0.2) is 41.4 Å². The molecule has 0 aliphatic carbocycles. The second-order valence-corrected chi connectivity index (χ2v) is 3.23. The molecule has 1 unspecified atom stereocenters. The molecule has 78 valence electrons. The van der Waals surface area contributed by atoms with Crippen molar-refractivity contribution in [3.63, 3.8) is 0 Å². The van der Waals surface area contributed by atoms with Crippen LogP contribution < -0.4 is 5.73 Å². The number of hydrogen-bond acceptors (Lipinski definition) is 1. The summed E-state index contributed by atoms with van der Waals surface area (Å²) in [6, 6.07) is 0. The number of nitrogens with zero attached hydrogens (tertiary/aromatic N) is 1. The first-order valence-electron chi connectivity index (χ1n) is 4.82. The zero-order valence-electron chi connectivity index (χ0n) is 9.33. The van der Waals surface area contributed by atoms with Gasteiger partial charge in [0.15, 0.2) is 0 Å². The van der Waals surface area contributed by atoms with E-state index in [1.165, 1.54) is 5.57 Å². The summed E-state index contributed by atoms with van der Waals surface area (Å²) >= 11 is 0. The van der Waals surface area contributed by atoms with E-state index in [2.05, 4.69) is 24.6 Å². The van der Waals surface area contributed by atoms with Gasteiger partial charge < -0.3 is 5.73 Å². The molecule has 0 rings (SSSR count). The maximum absolute atomic E-state index is 5.73. The molecule has 0 aromatic rings. The van der Waals surface area contributed by atoms with E-state index in [9.17, 15) is 0 Å². The lowest BCUT2D eigenvalue weighted by Gasteiger charge is -2.10. The third-order valence-electron chi connectivity index (χ3n) is 2.02. The fourth-order valence-corrected chi connectivity index (χ4v) is 1.24. The van der Waals surface area contributed by atoms with Gasteiger partial charge in [0.2, 0.25) is 0 Å². The van der Waals surface area contributed by atoms with E-state index in [0.717, 1.165) is 6.42 Å². The maximum Gasteiger partial charge on any atom is 0.0965 e. The lowest BCUT2D eigenvalue weighted by molar-refractivity contribution is 0.760. The minimum Gasteiger partial charge on any atom is -0.387 e. The van der Waals surface area contributed by atoms with E-state index in [0.29, 0.717) is 5.84 Å². The highest BCUT2D eigenvalue weighted by Gasteiger charge is 2.06. The molecule has 0 bridgehead atoms. The third kappa shape index (κ3) is 4.65. The summed E-state index contributed by atoms with van der Waals surface area (Å²) in [7, 11) is 1.72. The van der Waals surface area contributed by atoms with E-state index in [1.807, 2.05) is 19.1 Å². The van der Waals surface area contributed by atoms with Gasteiger partial charge in [-0.05, 0) is 18.9 Å². The van der Waals surface area contributed by atoms with Crippen molar-refractivity contribution in [3.05, 3.63) is 36.5 Å². The molecule has 1 atom stereocenters. The Balaban J connectivity index is 4.45. The second kappa shape index (κ2) is 7.13. The van der Waals surface area contributed by atoms with E-state index < -0.39 is 0 Å². The van der Waals surface area contributed by atoms with Gasteiger partial charge in [-0.3, -0.25) is 4.99 Å². The molecule has 0 saturated heterocycles. The van der Waals surface area contributed by atoms with Gasteiger partial charge >= 0.3 is 0 Å². The van der Waals surface area contributed by atoms with Gasteiger partial charge in [-0.15, -0.1) is 0 Å². The highest BCUT2D eigenvalue weighted by atomic mass is 14.8. The van der Waals surface area contributed by atoms with E-state index in [1.54, 1.807) is 13.1 Å². The SMILES string of the molecule is C=C/C=C(\C=C/C)CC(C)C(N)=NC. The minimum atomic E-state index is 0.280. The van der Waals surface area contributed by atoms with Gasteiger partial charge in [-0.2, -0.15) is 0 Å². The number of rotatable bonds is 5. The third-order valence-corrected chi connectivity index (χ3v) is 2.02. The molecule has 2 heteroatoms. The summed E-state index contributed by atoms with van der Waals surface area (Å²) in [5.74, 6) is 0.979. The molecule has 0 fully saturated rings. The number of nitrogens with two attached hydrogens (primary N) is 1. The molecule has 0 aromatic carbocycles. The average molecular weight is 192 g/mol. The molecule has 0 aromatic heterocycles. The van der Waals surface area contributed by atoms with E-state index >= 15 is 0 Å². The van der Waals surface area contributed by atoms with Gasteiger partial charge in [0.05, 0.1) is 5.84 Å². The fraction of sp³-hybridized carbons (Fsp3) is 0.417. The number of amidine groups is 1. The first-order chi connectivity index (χ1) is 6.65. The Labute approximate surface area is 86.9 Å². The average Bonchev–Trinajstić information content (AvgIpc) is 2.17. The van der Waals surface area contributed by atoms with Crippen molar-refractivity contribution in [2.24, 2.45) is 16.6 Å². The van der Waals surface area contributed by atoms with Crippen molar-refractivity contribution in [2.75, 3.05) is 7.05 Å². The molecule has 0 heterocycles. The smallest absolute Gasteiger partial charge is 0.0965 e. The number of hydrogen-bond donors (Lipinski definition) is 1. The van der Waals surface area contributed by atoms with Gasteiger partial charge in [0, 0.05) is 13.0 Å². The maximum atomic E-state index is 5.73. The molecular weight excluding hydrogens is 172 g/mol. The van der Waals surface area contributed by atoms with Gasteiger partial charge in [0.25, 0.3) is 0 Å². The van der Waals surface area contributed by atoms with Crippen LogP contribution in [0.4, 0.5) is 0 Å². The summed E-state index contributed by atoms with van der Waals surface area (Å²) in [5.41, 5.74) is 6.95. The Morgan fingerprint density at radius 1 is 1.57 bits per heavy atom. The molecule has 0 amide bonds. The van der Waals surface area contributed by atoms with E-state index in [-0.39, 0.29) is 5.92 Å². The lowest BCUT2D eigenvalue weighted by atomic mass is 9.99. The largest absolute Gasteiger partial charge is 0.387 e. The first kappa shape index (κ1) is 12.7. The Morgan fingerprint density at radius 2 is 2.21 bits per heavy atom. The highest BCUT2D eigenvalue weighted by Crippen LogP contribution is 2.13. The molecule has 0 spiro atoms. The summed E-state index contributed by atoms with van der Waals surface area (Å²) in [6.45, 7) is 7.75. The first-order valence-corrected chi connectivity index (χ1v) is 4.82. The molecule has 0 aliphatic heterocycles. The Kier molecular flexibility index (Phi) is 6.46. The Hall–Kier alpha value is -1.31. The van der Waals surface area contributed by atoms with Crippen LogP contribution in [0.3, 0.4) is 0 Å². The molecule has 2 nitrogen and oxygen atoms in total. The minimum absolute atomic E-state index is 0.280. The van der Waals surface area contributed by atoms with Crippen LogP contribution in [-0.2, 0) is 0 Å². The van der Waals surface area contributed by atoms with Crippen molar-refractivity contribution >= 4 is 5.84 Å². The standard InChI is InChI=1S/C12H20N2/c1-5-7-11(8-6-2)9-10(3)12(13)14-4/h5-8,10H,1,9H2,2-4H3,(H2,13,14)/b8-6-,11-7+.